The molecule has 4 N–H and O–H groups in total. The van der Waals surface area contributed by atoms with Crippen LogP contribution in [0, 0.1) is 0 Å². The molecule has 1 aliphatic rings. The normalized spacial score (nSPS) is 29.8. The molecule has 2 rings (SSSR count). The van der Waals surface area contributed by atoms with Crippen molar-refractivity contribution in [1.82, 2.24) is 5.32 Å². The van der Waals surface area contributed by atoms with Gasteiger partial charge in [0, 0.05) is 0 Å². The monoisotopic (exact) mass is 283 g/mol. The first-order valence-electron chi connectivity index (χ1n) is 6.24. The van der Waals surface area contributed by atoms with E-state index in [-0.39, 0.29) is 6.61 Å². The number of carbonyl (C=O) groups is 1. The number of rotatable bonds is 3. The molecule has 1 amide bonds. The van der Waals surface area contributed by atoms with Crippen molar-refractivity contribution in [1.29, 1.82) is 0 Å². The van der Waals surface area contributed by atoms with Gasteiger partial charge in [0.1, 0.15) is 24.1 Å². The Morgan fingerprint density at radius 1 is 1.30 bits per heavy atom. The van der Waals surface area contributed by atoms with Gasteiger partial charge in [0.15, 0.2) is 0 Å². The summed E-state index contributed by atoms with van der Waals surface area (Å²) in [6, 6.07) is 7.65. The zero-order valence-corrected chi connectivity index (χ0v) is 10.7. The fourth-order valence-electron chi connectivity index (χ4n) is 1.95. The second-order valence-electron chi connectivity index (χ2n) is 4.49. The number of ether oxygens (including phenoxy) is 2. The van der Waals surface area contributed by atoms with E-state index < -0.39 is 37.1 Å². The highest BCUT2D eigenvalue weighted by Crippen LogP contribution is 2.16. The van der Waals surface area contributed by atoms with E-state index in [9.17, 15) is 15.0 Å². The maximum absolute atomic E-state index is 11.7. The first-order chi connectivity index (χ1) is 9.61. The van der Waals surface area contributed by atoms with Crippen molar-refractivity contribution in [3.8, 4) is 5.75 Å². The summed E-state index contributed by atoms with van der Waals surface area (Å²) in [6.45, 7) is -0.424. The molecule has 7 nitrogen and oxygen atoms in total. The highest BCUT2D eigenvalue weighted by molar-refractivity contribution is 5.70. The molecule has 0 spiro atoms. The molecule has 0 aliphatic carbocycles. The van der Waals surface area contributed by atoms with Crippen molar-refractivity contribution < 1.29 is 29.6 Å². The zero-order valence-electron chi connectivity index (χ0n) is 10.7. The summed E-state index contributed by atoms with van der Waals surface area (Å²) in [5, 5.41) is 30.9. The molecule has 7 heteroatoms. The van der Waals surface area contributed by atoms with Gasteiger partial charge >= 0.3 is 6.09 Å². The predicted octanol–water partition coefficient (Wildman–Crippen LogP) is -0.743. The highest BCUT2D eigenvalue weighted by atomic mass is 16.6. The van der Waals surface area contributed by atoms with E-state index in [0.29, 0.717) is 5.75 Å². The molecule has 1 saturated heterocycles. The third-order valence-electron chi connectivity index (χ3n) is 3.07. The Bertz CT molecular complexity index is 440. The summed E-state index contributed by atoms with van der Waals surface area (Å²) >= 11 is 0. The Labute approximate surface area is 115 Å². The summed E-state index contributed by atoms with van der Waals surface area (Å²) in [4.78, 5) is 11.7. The van der Waals surface area contributed by atoms with Gasteiger partial charge in [0.2, 0.25) is 0 Å². The SMILES string of the molecule is O=C(N[C@@H]1COC(CO)C(O)C1O)Oc1ccccc1. The molecule has 3 unspecified atom stereocenters. The van der Waals surface area contributed by atoms with Crippen molar-refractivity contribution in [3.63, 3.8) is 0 Å². The van der Waals surface area contributed by atoms with Crippen LogP contribution < -0.4 is 10.1 Å². The van der Waals surface area contributed by atoms with Crippen molar-refractivity contribution in [2.75, 3.05) is 13.2 Å². The zero-order chi connectivity index (χ0) is 14.5. The Morgan fingerprint density at radius 3 is 2.65 bits per heavy atom. The summed E-state index contributed by atoms with van der Waals surface area (Å²) in [7, 11) is 0. The summed E-state index contributed by atoms with van der Waals surface area (Å²) in [5.74, 6) is 0.366. The van der Waals surface area contributed by atoms with Crippen LogP contribution >= 0.6 is 0 Å². The first-order valence-corrected chi connectivity index (χ1v) is 6.24. The maximum atomic E-state index is 11.7. The van der Waals surface area contributed by atoms with Crippen LogP contribution in [0.2, 0.25) is 0 Å². The molecule has 4 atom stereocenters. The standard InChI is InChI=1S/C13H17NO6/c15-6-10-12(17)11(16)9(7-19-10)14-13(18)20-8-4-2-1-3-5-8/h1-5,9-12,15-17H,6-7H2,(H,14,18)/t9-,10?,11?,12?/m1/s1. The van der Waals surface area contributed by atoms with Crippen molar-refractivity contribution in [2.24, 2.45) is 0 Å². The summed E-state index contributed by atoms with van der Waals surface area (Å²) in [5.41, 5.74) is 0. The summed E-state index contributed by atoms with van der Waals surface area (Å²) < 4.78 is 10.1. The smallest absolute Gasteiger partial charge is 0.410 e. The number of hydrogen-bond donors (Lipinski definition) is 4. The molecule has 0 radical (unpaired) electrons. The van der Waals surface area contributed by atoms with Crippen LogP contribution in [0.25, 0.3) is 0 Å². The molecule has 20 heavy (non-hydrogen) atoms. The molecule has 0 bridgehead atoms. The van der Waals surface area contributed by atoms with Gasteiger partial charge in [-0.3, -0.25) is 0 Å². The van der Waals surface area contributed by atoms with Crippen LogP contribution in [0.1, 0.15) is 0 Å². The van der Waals surface area contributed by atoms with E-state index in [2.05, 4.69) is 5.32 Å². The van der Waals surface area contributed by atoms with E-state index in [4.69, 9.17) is 14.6 Å². The van der Waals surface area contributed by atoms with E-state index in [0.717, 1.165) is 0 Å². The van der Waals surface area contributed by atoms with E-state index in [1.165, 1.54) is 0 Å². The van der Waals surface area contributed by atoms with Gasteiger partial charge in [-0.25, -0.2) is 4.79 Å². The van der Waals surface area contributed by atoms with E-state index >= 15 is 0 Å². The van der Waals surface area contributed by atoms with Gasteiger partial charge in [-0.1, -0.05) is 18.2 Å². The van der Waals surface area contributed by atoms with Crippen LogP contribution in [-0.4, -0.2) is 59.0 Å². The Kier molecular flexibility index (Phi) is 4.91. The van der Waals surface area contributed by atoms with Gasteiger partial charge in [-0.2, -0.15) is 0 Å². The molecular formula is C13H17NO6. The third-order valence-corrected chi connectivity index (χ3v) is 3.07. The van der Waals surface area contributed by atoms with Crippen LogP contribution in [-0.2, 0) is 4.74 Å². The average molecular weight is 283 g/mol. The topological polar surface area (TPSA) is 108 Å². The minimum atomic E-state index is -1.27. The molecule has 1 aromatic rings. The number of nitrogens with one attached hydrogen (secondary N) is 1. The molecule has 110 valence electrons. The van der Waals surface area contributed by atoms with Crippen molar-refractivity contribution in [2.45, 2.75) is 24.4 Å². The van der Waals surface area contributed by atoms with E-state index in [1.54, 1.807) is 30.3 Å². The van der Waals surface area contributed by atoms with Gasteiger partial charge in [-0.15, -0.1) is 0 Å². The lowest BCUT2D eigenvalue weighted by atomic mass is 9.99. The fraction of sp³-hybridized carbons (Fsp3) is 0.462. The second kappa shape index (κ2) is 6.67. The second-order valence-corrected chi connectivity index (χ2v) is 4.49. The number of hydrogen-bond acceptors (Lipinski definition) is 6. The fourth-order valence-corrected chi connectivity index (χ4v) is 1.95. The number of aliphatic hydroxyl groups excluding tert-OH is 3. The van der Waals surface area contributed by atoms with Gasteiger partial charge in [0.05, 0.1) is 19.3 Å². The molecule has 1 fully saturated rings. The number of para-hydroxylation sites is 1. The molecule has 1 aliphatic heterocycles. The number of carbonyl (C=O) groups excluding carboxylic acids is 1. The molecule has 0 saturated carbocycles. The maximum Gasteiger partial charge on any atom is 0.412 e. The Balaban J connectivity index is 1.88. The summed E-state index contributed by atoms with van der Waals surface area (Å²) in [6.07, 6.45) is -4.10. The van der Waals surface area contributed by atoms with Crippen LogP contribution in [0.4, 0.5) is 4.79 Å². The van der Waals surface area contributed by atoms with E-state index in [1.807, 2.05) is 0 Å². The number of benzene rings is 1. The van der Waals surface area contributed by atoms with Crippen LogP contribution in [0.5, 0.6) is 5.75 Å². The predicted molar refractivity (Wildman–Crippen MR) is 68.2 cm³/mol. The van der Waals surface area contributed by atoms with Gasteiger partial charge in [-0.05, 0) is 12.1 Å². The highest BCUT2D eigenvalue weighted by Gasteiger charge is 2.38. The lowest BCUT2D eigenvalue weighted by Gasteiger charge is -2.36. The van der Waals surface area contributed by atoms with Crippen LogP contribution in [0.15, 0.2) is 30.3 Å². The third kappa shape index (κ3) is 3.45. The first kappa shape index (κ1) is 14.7. The van der Waals surface area contributed by atoms with Crippen LogP contribution in [0.3, 0.4) is 0 Å². The molecule has 1 aromatic carbocycles. The molecular weight excluding hydrogens is 266 g/mol. The van der Waals surface area contributed by atoms with Crippen molar-refractivity contribution in [3.05, 3.63) is 30.3 Å². The Hall–Kier alpha value is -1.67. The molecule has 1 heterocycles. The average Bonchev–Trinajstić information content (AvgIpc) is 2.45. The number of aliphatic hydroxyl groups is 3. The number of amides is 1. The lowest BCUT2D eigenvalue weighted by Crippen LogP contribution is -2.60. The minimum absolute atomic E-state index is 0.0205. The minimum Gasteiger partial charge on any atom is -0.410 e. The quantitative estimate of drug-likeness (QED) is 0.582. The van der Waals surface area contributed by atoms with Crippen molar-refractivity contribution >= 4 is 6.09 Å². The van der Waals surface area contributed by atoms with Gasteiger partial charge in [0.25, 0.3) is 0 Å². The molecule has 0 aromatic heterocycles. The lowest BCUT2D eigenvalue weighted by molar-refractivity contribution is -0.160. The van der Waals surface area contributed by atoms with Gasteiger partial charge < -0.3 is 30.1 Å². The Morgan fingerprint density at radius 2 is 2.00 bits per heavy atom. The largest absolute Gasteiger partial charge is 0.412 e.